The average Bonchev–Trinajstić information content (AvgIpc) is 2.43. The summed E-state index contributed by atoms with van der Waals surface area (Å²) in [4.78, 5) is 12.3. The largest absolute Gasteiger partial charge is 0.493 e. The van der Waals surface area contributed by atoms with Crippen molar-refractivity contribution in [3.63, 3.8) is 0 Å². The van der Waals surface area contributed by atoms with Crippen LogP contribution in [0.1, 0.15) is 30.1 Å². The van der Waals surface area contributed by atoms with E-state index in [1.165, 1.54) is 14.2 Å². The maximum atomic E-state index is 12.3. The summed E-state index contributed by atoms with van der Waals surface area (Å²) in [7, 11) is 2.96. The molecule has 1 aromatic rings. The van der Waals surface area contributed by atoms with Crippen molar-refractivity contribution in [2.75, 3.05) is 14.2 Å². The summed E-state index contributed by atoms with van der Waals surface area (Å²) < 4.78 is 10.3. The van der Waals surface area contributed by atoms with Crippen molar-refractivity contribution in [3.8, 4) is 17.6 Å². The zero-order valence-corrected chi connectivity index (χ0v) is 12.0. The number of nitriles is 1. The number of hydrogen-bond acceptors (Lipinski definition) is 4. The Kier molecular flexibility index (Phi) is 5.65. The summed E-state index contributed by atoms with van der Waals surface area (Å²) in [6, 6.07) is 5.26. The van der Waals surface area contributed by atoms with Gasteiger partial charge in [-0.15, -0.1) is 0 Å². The number of halogens is 1. The Balaban J connectivity index is 3.21. The Labute approximate surface area is 117 Å². The van der Waals surface area contributed by atoms with Crippen LogP contribution in [0, 0.1) is 17.2 Å². The maximum absolute atomic E-state index is 12.3. The van der Waals surface area contributed by atoms with Crippen molar-refractivity contribution in [2.45, 2.75) is 19.8 Å². The standard InChI is InChI=1S/C14H16ClNO3/c1-4-9(7-8-16)13(17)10-5-6-11(18-2)14(19-3)12(10)15/h5-6,9H,4,7H2,1-3H3. The molecule has 0 aliphatic heterocycles. The Morgan fingerprint density at radius 2 is 2.11 bits per heavy atom. The van der Waals surface area contributed by atoms with E-state index in [4.69, 9.17) is 26.3 Å². The van der Waals surface area contributed by atoms with Gasteiger partial charge in [0, 0.05) is 17.9 Å². The monoisotopic (exact) mass is 281 g/mol. The molecule has 0 amide bonds. The number of ketones is 1. The van der Waals surface area contributed by atoms with Gasteiger partial charge in [-0.3, -0.25) is 4.79 Å². The van der Waals surface area contributed by atoms with Gasteiger partial charge in [-0.1, -0.05) is 18.5 Å². The highest BCUT2D eigenvalue weighted by Gasteiger charge is 2.23. The van der Waals surface area contributed by atoms with E-state index in [-0.39, 0.29) is 23.1 Å². The number of rotatable bonds is 6. The van der Waals surface area contributed by atoms with Crippen molar-refractivity contribution in [1.82, 2.24) is 0 Å². The van der Waals surface area contributed by atoms with Crippen LogP contribution in [-0.4, -0.2) is 20.0 Å². The van der Waals surface area contributed by atoms with E-state index in [0.717, 1.165) is 0 Å². The fourth-order valence-electron chi connectivity index (χ4n) is 1.83. The molecule has 19 heavy (non-hydrogen) atoms. The SMILES string of the molecule is CCC(CC#N)C(=O)c1ccc(OC)c(OC)c1Cl. The summed E-state index contributed by atoms with van der Waals surface area (Å²) in [5, 5.41) is 8.96. The number of methoxy groups -OCH3 is 2. The molecule has 0 fully saturated rings. The van der Waals surface area contributed by atoms with Gasteiger partial charge in [0.2, 0.25) is 0 Å². The quantitative estimate of drug-likeness (QED) is 0.749. The first-order valence-corrected chi connectivity index (χ1v) is 6.30. The van der Waals surface area contributed by atoms with Crippen molar-refractivity contribution >= 4 is 17.4 Å². The number of Topliss-reactive ketones (excluding diaryl/α,β-unsaturated/α-hetero) is 1. The lowest BCUT2D eigenvalue weighted by Gasteiger charge is -2.15. The maximum Gasteiger partial charge on any atom is 0.180 e. The molecule has 0 aromatic heterocycles. The molecule has 0 N–H and O–H groups in total. The minimum Gasteiger partial charge on any atom is -0.493 e. The molecule has 0 aliphatic carbocycles. The van der Waals surface area contributed by atoms with Crippen molar-refractivity contribution in [2.24, 2.45) is 5.92 Å². The highest BCUT2D eigenvalue weighted by Crippen LogP contribution is 2.38. The van der Waals surface area contributed by atoms with Crippen LogP contribution >= 0.6 is 11.6 Å². The zero-order chi connectivity index (χ0) is 14.4. The Bertz CT molecular complexity index is 508. The Morgan fingerprint density at radius 3 is 2.58 bits per heavy atom. The number of hydrogen-bond donors (Lipinski definition) is 0. The molecule has 0 aliphatic rings. The van der Waals surface area contributed by atoms with Crippen LogP contribution in [0.3, 0.4) is 0 Å². The smallest absolute Gasteiger partial charge is 0.180 e. The normalized spacial score (nSPS) is 11.5. The third-order valence-corrected chi connectivity index (χ3v) is 3.33. The Hall–Kier alpha value is -1.73. The predicted molar refractivity (Wildman–Crippen MR) is 72.9 cm³/mol. The molecular formula is C14H16ClNO3. The minimum absolute atomic E-state index is 0.144. The number of carbonyl (C=O) groups excluding carboxylic acids is 1. The second-order valence-corrected chi connectivity index (χ2v) is 4.37. The van der Waals surface area contributed by atoms with Crippen LogP contribution in [0.25, 0.3) is 0 Å². The first-order valence-electron chi connectivity index (χ1n) is 5.92. The molecule has 1 atom stereocenters. The van der Waals surface area contributed by atoms with Gasteiger partial charge in [-0.2, -0.15) is 5.26 Å². The molecule has 0 spiro atoms. The van der Waals surface area contributed by atoms with Gasteiger partial charge in [0.05, 0.1) is 25.3 Å². The highest BCUT2D eigenvalue weighted by atomic mass is 35.5. The minimum atomic E-state index is -0.347. The van der Waals surface area contributed by atoms with Crippen molar-refractivity contribution < 1.29 is 14.3 Å². The molecule has 0 saturated carbocycles. The molecule has 1 rings (SSSR count). The van der Waals surface area contributed by atoms with Gasteiger partial charge in [0.15, 0.2) is 17.3 Å². The third kappa shape index (κ3) is 3.18. The van der Waals surface area contributed by atoms with E-state index >= 15 is 0 Å². The molecule has 5 heteroatoms. The number of benzene rings is 1. The summed E-state index contributed by atoms with van der Waals surface area (Å²) in [5.74, 6) is 0.315. The van der Waals surface area contributed by atoms with Crippen molar-refractivity contribution in [3.05, 3.63) is 22.7 Å². The van der Waals surface area contributed by atoms with Crippen LogP contribution in [0.2, 0.25) is 5.02 Å². The molecule has 0 radical (unpaired) electrons. The second-order valence-electron chi connectivity index (χ2n) is 3.99. The number of carbonyl (C=O) groups is 1. The summed E-state index contributed by atoms with van der Waals surface area (Å²) in [6.07, 6.45) is 0.775. The van der Waals surface area contributed by atoms with Gasteiger partial charge in [0.1, 0.15) is 0 Å². The van der Waals surface area contributed by atoms with E-state index in [1.54, 1.807) is 12.1 Å². The van der Waals surface area contributed by atoms with Crippen LogP contribution in [0.4, 0.5) is 0 Å². The highest BCUT2D eigenvalue weighted by molar-refractivity contribution is 6.35. The van der Waals surface area contributed by atoms with Crippen LogP contribution < -0.4 is 9.47 Å². The predicted octanol–water partition coefficient (Wildman–Crippen LogP) is 3.48. The van der Waals surface area contributed by atoms with Gasteiger partial charge >= 0.3 is 0 Å². The molecule has 0 heterocycles. The van der Waals surface area contributed by atoms with Crippen LogP contribution in [0.15, 0.2) is 12.1 Å². The van der Waals surface area contributed by atoms with E-state index in [9.17, 15) is 4.79 Å². The molecule has 102 valence electrons. The molecular weight excluding hydrogens is 266 g/mol. The first kappa shape index (κ1) is 15.3. The summed E-state index contributed by atoms with van der Waals surface area (Å²) in [5.41, 5.74) is 0.362. The third-order valence-electron chi connectivity index (χ3n) is 2.95. The van der Waals surface area contributed by atoms with Crippen LogP contribution in [-0.2, 0) is 0 Å². The fourth-order valence-corrected chi connectivity index (χ4v) is 2.16. The molecule has 0 bridgehead atoms. The first-order chi connectivity index (χ1) is 9.10. The lowest BCUT2D eigenvalue weighted by atomic mass is 9.92. The van der Waals surface area contributed by atoms with E-state index in [1.807, 2.05) is 13.0 Å². The zero-order valence-electron chi connectivity index (χ0n) is 11.2. The van der Waals surface area contributed by atoms with Gasteiger partial charge < -0.3 is 9.47 Å². The van der Waals surface area contributed by atoms with E-state index in [0.29, 0.717) is 23.5 Å². The second kappa shape index (κ2) is 7.01. The number of nitrogens with zero attached hydrogens (tertiary/aromatic N) is 1. The topological polar surface area (TPSA) is 59.3 Å². The van der Waals surface area contributed by atoms with Crippen molar-refractivity contribution in [1.29, 1.82) is 5.26 Å². The molecule has 4 nitrogen and oxygen atoms in total. The molecule has 1 unspecified atom stereocenters. The van der Waals surface area contributed by atoms with E-state index < -0.39 is 0 Å². The lowest BCUT2D eigenvalue weighted by Crippen LogP contribution is -2.14. The van der Waals surface area contributed by atoms with E-state index in [2.05, 4.69) is 0 Å². The average molecular weight is 282 g/mol. The van der Waals surface area contributed by atoms with Gasteiger partial charge in [0.25, 0.3) is 0 Å². The van der Waals surface area contributed by atoms with Gasteiger partial charge in [-0.25, -0.2) is 0 Å². The lowest BCUT2D eigenvalue weighted by molar-refractivity contribution is 0.0918. The Morgan fingerprint density at radius 1 is 1.42 bits per heavy atom. The summed E-state index contributed by atoms with van der Waals surface area (Å²) in [6.45, 7) is 1.87. The molecule has 1 aromatic carbocycles. The summed E-state index contributed by atoms with van der Waals surface area (Å²) >= 11 is 6.18. The van der Waals surface area contributed by atoms with Gasteiger partial charge in [-0.05, 0) is 18.6 Å². The number of ether oxygens (including phenoxy) is 2. The van der Waals surface area contributed by atoms with Crippen LogP contribution in [0.5, 0.6) is 11.5 Å². The fraction of sp³-hybridized carbons (Fsp3) is 0.429. The molecule has 0 saturated heterocycles.